The van der Waals surface area contributed by atoms with Crippen LogP contribution in [0.25, 0.3) is 0 Å². The van der Waals surface area contributed by atoms with Crippen molar-refractivity contribution in [1.29, 1.82) is 0 Å². The molecule has 0 atom stereocenters. The van der Waals surface area contributed by atoms with Gasteiger partial charge in [-0.3, -0.25) is 14.4 Å². The van der Waals surface area contributed by atoms with Crippen molar-refractivity contribution in [3.8, 4) is 0 Å². The van der Waals surface area contributed by atoms with E-state index in [0.717, 1.165) is 11.8 Å². The maximum atomic E-state index is 12.0. The number of aryl methyl sites for hydroxylation is 1. The van der Waals surface area contributed by atoms with E-state index in [-0.39, 0.29) is 21.2 Å². The molecule has 0 spiro atoms. The number of rotatable bonds is 6. The van der Waals surface area contributed by atoms with Crippen molar-refractivity contribution in [2.75, 3.05) is 0 Å². The molecule has 0 heterocycles. The van der Waals surface area contributed by atoms with E-state index in [0.29, 0.717) is 0 Å². The highest BCUT2D eigenvalue weighted by molar-refractivity contribution is 7.86. The van der Waals surface area contributed by atoms with Crippen LogP contribution in [0.2, 0.25) is 5.02 Å². The average Bonchev–Trinajstić information content (AvgIpc) is 2.61. The average molecular weight is 412 g/mol. The third kappa shape index (κ3) is 5.39. The number of hydrazone groups is 1. The zero-order chi connectivity index (χ0) is 20.0. The van der Waals surface area contributed by atoms with Crippen LogP contribution in [0.1, 0.15) is 11.1 Å². The third-order valence-corrected chi connectivity index (χ3v) is 4.59. The van der Waals surface area contributed by atoms with Gasteiger partial charge in [0, 0.05) is 6.07 Å². The van der Waals surface area contributed by atoms with Crippen molar-refractivity contribution < 1.29 is 17.6 Å². The van der Waals surface area contributed by atoms with E-state index in [1.807, 2.05) is 0 Å². The van der Waals surface area contributed by atoms with Crippen LogP contribution in [0, 0.1) is 17.0 Å². The quantitative estimate of drug-likeness (QED) is 0.320. The van der Waals surface area contributed by atoms with E-state index in [1.165, 1.54) is 30.3 Å². The normalized spacial score (nSPS) is 12.1. The molecule has 0 aliphatic rings. The van der Waals surface area contributed by atoms with Crippen molar-refractivity contribution in [3.63, 3.8) is 0 Å². The Balaban J connectivity index is 2.07. The van der Waals surface area contributed by atoms with Gasteiger partial charge < -0.3 is 5.73 Å². The lowest BCUT2D eigenvalue weighted by atomic mass is 10.2. The molecule has 0 amide bonds. The first kappa shape index (κ1) is 20.1. The van der Waals surface area contributed by atoms with Gasteiger partial charge in [-0.2, -0.15) is 13.5 Å². The number of hydrogen-bond donors (Lipinski definition) is 2. The summed E-state index contributed by atoms with van der Waals surface area (Å²) in [5.74, 6) is -0.489. The van der Waals surface area contributed by atoms with E-state index in [2.05, 4.69) is 20.0 Å². The fourth-order valence-corrected chi connectivity index (χ4v) is 2.79. The lowest BCUT2D eigenvalue weighted by molar-refractivity contribution is -0.385. The minimum Gasteiger partial charge on any atom is -0.366 e. The summed E-state index contributed by atoms with van der Waals surface area (Å²) < 4.78 is 28.4. The minimum absolute atomic E-state index is 0.0395. The summed E-state index contributed by atoms with van der Waals surface area (Å²) in [5, 5.41) is 17.9. The highest BCUT2D eigenvalue weighted by Gasteiger charge is 2.16. The van der Waals surface area contributed by atoms with Gasteiger partial charge in [0.2, 0.25) is 0 Å². The van der Waals surface area contributed by atoms with Crippen LogP contribution in [-0.4, -0.2) is 25.5 Å². The molecule has 0 aliphatic heterocycles. The summed E-state index contributed by atoms with van der Waals surface area (Å²) in [6.45, 7) is 1.80. The second-order valence-corrected chi connectivity index (χ2v) is 7.05. The van der Waals surface area contributed by atoms with Crippen LogP contribution in [0.15, 0.2) is 57.6 Å². The maximum absolute atomic E-state index is 12.0. The van der Waals surface area contributed by atoms with E-state index in [4.69, 9.17) is 17.3 Å². The van der Waals surface area contributed by atoms with Crippen LogP contribution in [0.4, 0.5) is 5.69 Å². The standard InChI is InChI=1S/C15H14ClN5O5S/c1-10-5-7-11(8-6-10)27(24,25)26-20-15(17)19-18-9-12-13(16)3-2-4-14(12)21(22)23/h2-9H,1H3,(H3,17,19,20). The molecule has 0 saturated carbocycles. The number of nitrogens with two attached hydrogens (primary N) is 1. The number of nitrogens with zero attached hydrogens (tertiary/aromatic N) is 3. The van der Waals surface area contributed by atoms with Crippen LogP contribution < -0.4 is 11.2 Å². The Morgan fingerprint density at radius 3 is 2.59 bits per heavy atom. The molecule has 3 N–H and O–H groups in total. The van der Waals surface area contributed by atoms with Gasteiger partial charge in [-0.25, -0.2) is 5.43 Å². The van der Waals surface area contributed by atoms with Gasteiger partial charge in [-0.05, 0) is 30.3 Å². The lowest BCUT2D eigenvalue weighted by Gasteiger charge is -2.03. The van der Waals surface area contributed by atoms with Crippen LogP contribution in [-0.2, 0) is 14.4 Å². The Kier molecular flexibility index (Phi) is 6.32. The topological polar surface area (TPSA) is 149 Å². The van der Waals surface area contributed by atoms with Crippen molar-refractivity contribution in [3.05, 3.63) is 68.7 Å². The van der Waals surface area contributed by atoms with E-state index < -0.39 is 21.0 Å². The van der Waals surface area contributed by atoms with Gasteiger partial charge in [-0.15, -0.1) is 0 Å². The molecule has 0 aromatic heterocycles. The summed E-state index contributed by atoms with van der Waals surface area (Å²) >= 11 is 5.90. The molecular formula is C15H14ClN5O5S. The summed E-state index contributed by atoms with van der Waals surface area (Å²) in [4.78, 5) is 10.2. The molecule has 10 nitrogen and oxygen atoms in total. The van der Waals surface area contributed by atoms with Gasteiger partial charge in [-0.1, -0.05) is 35.4 Å². The number of nitrogens with one attached hydrogen (secondary N) is 1. The zero-order valence-electron chi connectivity index (χ0n) is 13.9. The minimum atomic E-state index is -4.14. The second kappa shape index (κ2) is 8.47. The molecule has 2 aromatic carbocycles. The molecule has 2 aromatic rings. The van der Waals surface area contributed by atoms with Crippen molar-refractivity contribution >= 4 is 39.6 Å². The number of nitro benzene ring substituents is 1. The largest absolute Gasteiger partial charge is 0.366 e. The second-order valence-electron chi connectivity index (χ2n) is 5.12. The highest BCUT2D eigenvalue weighted by atomic mass is 35.5. The Bertz CT molecular complexity index is 1010. The van der Waals surface area contributed by atoms with Crippen molar-refractivity contribution in [1.82, 2.24) is 5.43 Å². The van der Waals surface area contributed by atoms with Gasteiger partial charge in [0.25, 0.3) is 11.6 Å². The monoisotopic (exact) mass is 411 g/mol. The number of halogens is 1. The Labute approximate surface area is 159 Å². The molecule has 142 valence electrons. The Morgan fingerprint density at radius 2 is 1.96 bits per heavy atom. The Hall–Kier alpha value is -3.18. The number of guanidine groups is 1. The summed E-state index contributed by atoms with van der Waals surface area (Å²) in [6, 6.07) is 10.0. The number of benzene rings is 2. The molecule has 12 heteroatoms. The fraction of sp³-hybridized carbons (Fsp3) is 0.0667. The molecule has 2 rings (SSSR count). The first-order valence-electron chi connectivity index (χ1n) is 7.26. The predicted octanol–water partition coefficient (Wildman–Crippen LogP) is 2.12. The molecule has 0 aliphatic carbocycles. The molecule has 0 saturated heterocycles. The molecule has 0 radical (unpaired) electrons. The number of nitro groups is 1. The lowest BCUT2D eigenvalue weighted by Crippen LogP contribution is -2.28. The predicted molar refractivity (Wildman–Crippen MR) is 99.9 cm³/mol. The van der Waals surface area contributed by atoms with Gasteiger partial charge in [0.15, 0.2) is 0 Å². The third-order valence-electron chi connectivity index (χ3n) is 3.14. The van der Waals surface area contributed by atoms with E-state index in [9.17, 15) is 18.5 Å². The fourth-order valence-electron chi connectivity index (χ4n) is 1.83. The molecule has 0 bridgehead atoms. The first-order chi connectivity index (χ1) is 12.7. The molecule has 27 heavy (non-hydrogen) atoms. The molecule has 0 unspecified atom stereocenters. The summed E-state index contributed by atoms with van der Waals surface area (Å²) in [7, 11) is -4.14. The van der Waals surface area contributed by atoms with Gasteiger partial charge in [0.05, 0.1) is 21.7 Å². The molecular weight excluding hydrogens is 398 g/mol. The number of hydrogen-bond acceptors (Lipinski definition) is 7. The summed E-state index contributed by atoms with van der Waals surface area (Å²) in [5.41, 5.74) is 8.29. The molecule has 0 fully saturated rings. The van der Waals surface area contributed by atoms with Crippen LogP contribution in [0.5, 0.6) is 0 Å². The smallest absolute Gasteiger partial charge is 0.358 e. The van der Waals surface area contributed by atoms with Crippen molar-refractivity contribution in [2.24, 2.45) is 16.0 Å². The summed E-state index contributed by atoms with van der Waals surface area (Å²) in [6.07, 6.45) is 1.05. The van der Waals surface area contributed by atoms with E-state index in [1.54, 1.807) is 19.1 Å². The van der Waals surface area contributed by atoms with E-state index >= 15 is 0 Å². The van der Waals surface area contributed by atoms with Crippen LogP contribution in [0.3, 0.4) is 0 Å². The van der Waals surface area contributed by atoms with Crippen LogP contribution >= 0.6 is 11.6 Å². The maximum Gasteiger partial charge on any atom is 0.358 e. The Morgan fingerprint density at radius 1 is 1.30 bits per heavy atom. The van der Waals surface area contributed by atoms with Gasteiger partial charge in [0.1, 0.15) is 4.90 Å². The highest BCUT2D eigenvalue weighted by Crippen LogP contribution is 2.24. The SMILES string of the molecule is Cc1ccc(S(=O)(=O)ON=C(N)NN=Cc2c(Cl)cccc2[N+](=O)[O-])cc1. The number of oxime groups is 1. The van der Waals surface area contributed by atoms with Gasteiger partial charge >= 0.3 is 10.1 Å². The van der Waals surface area contributed by atoms with Crippen molar-refractivity contribution in [2.45, 2.75) is 11.8 Å². The first-order valence-corrected chi connectivity index (χ1v) is 9.05. The zero-order valence-corrected chi connectivity index (χ0v) is 15.4.